The van der Waals surface area contributed by atoms with Gasteiger partial charge in [0.05, 0.1) is 5.41 Å². The highest BCUT2D eigenvalue weighted by Crippen LogP contribution is 2.49. The minimum Gasteiger partial charge on any atom is -0.365 e. The van der Waals surface area contributed by atoms with Gasteiger partial charge in [-0.3, -0.25) is 19.3 Å². The number of carbonyl (C=O) groups excluding carboxylic acids is 2. The average Bonchev–Trinajstić information content (AvgIpc) is 3.18. The Labute approximate surface area is 135 Å². The first-order valence-corrected chi connectivity index (χ1v) is 7.47. The summed E-state index contributed by atoms with van der Waals surface area (Å²) in [6.45, 7) is 0. The molecular formula is C14H14BrN5O2. The van der Waals surface area contributed by atoms with Crippen LogP contribution in [-0.4, -0.2) is 26.6 Å². The number of anilines is 1. The van der Waals surface area contributed by atoms with Gasteiger partial charge < -0.3 is 11.1 Å². The van der Waals surface area contributed by atoms with E-state index >= 15 is 0 Å². The fourth-order valence-corrected chi connectivity index (χ4v) is 2.80. The molecule has 2 aromatic heterocycles. The third-order valence-electron chi connectivity index (χ3n) is 3.77. The van der Waals surface area contributed by atoms with Crippen molar-refractivity contribution < 1.29 is 9.59 Å². The number of aryl methyl sites for hydroxylation is 1. The smallest absolute Gasteiger partial charge is 0.254 e. The average molecular weight is 364 g/mol. The van der Waals surface area contributed by atoms with Gasteiger partial charge in [-0.1, -0.05) is 0 Å². The van der Waals surface area contributed by atoms with Crippen molar-refractivity contribution in [2.45, 2.75) is 18.3 Å². The number of rotatable bonds is 4. The number of nitrogens with two attached hydrogens (primary N) is 1. The Kier molecular flexibility index (Phi) is 3.48. The number of hydrogen-bond donors (Lipinski definition) is 2. The van der Waals surface area contributed by atoms with Crippen LogP contribution in [0.1, 0.15) is 28.8 Å². The number of amides is 2. The van der Waals surface area contributed by atoms with E-state index in [0.29, 0.717) is 0 Å². The second-order valence-electron chi connectivity index (χ2n) is 5.36. The Morgan fingerprint density at radius 3 is 2.73 bits per heavy atom. The minimum absolute atomic E-state index is 0.189. The van der Waals surface area contributed by atoms with Crippen LogP contribution in [0.5, 0.6) is 0 Å². The first-order chi connectivity index (χ1) is 10.4. The Morgan fingerprint density at radius 1 is 1.41 bits per heavy atom. The summed E-state index contributed by atoms with van der Waals surface area (Å²) in [6.07, 6.45) is 6.30. The van der Waals surface area contributed by atoms with Crippen molar-refractivity contribution >= 4 is 33.6 Å². The van der Waals surface area contributed by atoms with E-state index in [9.17, 15) is 9.59 Å². The molecule has 22 heavy (non-hydrogen) atoms. The molecule has 2 heterocycles. The molecule has 0 aromatic carbocycles. The zero-order valence-corrected chi connectivity index (χ0v) is 13.4. The van der Waals surface area contributed by atoms with Crippen molar-refractivity contribution in [2.75, 3.05) is 5.32 Å². The van der Waals surface area contributed by atoms with Crippen LogP contribution in [0, 0.1) is 0 Å². The zero-order chi connectivity index (χ0) is 15.9. The van der Waals surface area contributed by atoms with E-state index in [1.807, 2.05) is 6.07 Å². The summed E-state index contributed by atoms with van der Waals surface area (Å²) >= 11 is 3.36. The van der Waals surface area contributed by atoms with Crippen LogP contribution < -0.4 is 11.1 Å². The van der Waals surface area contributed by atoms with Crippen molar-refractivity contribution in [3.8, 4) is 0 Å². The number of nitrogens with one attached hydrogen (secondary N) is 1. The molecule has 7 nitrogen and oxygen atoms in total. The molecule has 0 radical (unpaired) electrons. The molecule has 0 spiro atoms. The fourth-order valence-electron chi connectivity index (χ4n) is 2.43. The highest BCUT2D eigenvalue weighted by atomic mass is 79.9. The van der Waals surface area contributed by atoms with E-state index in [4.69, 9.17) is 5.73 Å². The van der Waals surface area contributed by atoms with Crippen LogP contribution in [0.25, 0.3) is 0 Å². The van der Waals surface area contributed by atoms with Crippen molar-refractivity contribution in [3.05, 3.63) is 40.3 Å². The van der Waals surface area contributed by atoms with Gasteiger partial charge in [0, 0.05) is 30.1 Å². The van der Waals surface area contributed by atoms with E-state index in [2.05, 4.69) is 31.3 Å². The molecular weight excluding hydrogens is 350 g/mol. The van der Waals surface area contributed by atoms with Crippen LogP contribution in [0.15, 0.2) is 29.1 Å². The van der Waals surface area contributed by atoms with Crippen molar-refractivity contribution in [1.82, 2.24) is 14.8 Å². The van der Waals surface area contributed by atoms with Crippen molar-refractivity contribution in [2.24, 2.45) is 12.8 Å². The summed E-state index contributed by atoms with van der Waals surface area (Å²) in [5.41, 5.74) is 5.73. The predicted octanol–water partition coefficient (Wildman–Crippen LogP) is 1.35. The second-order valence-corrected chi connectivity index (χ2v) is 6.27. The van der Waals surface area contributed by atoms with E-state index in [1.165, 1.54) is 10.9 Å². The Bertz CT molecular complexity index is 766. The van der Waals surface area contributed by atoms with Gasteiger partial charge in [-0.2, -0.15) is 5.10 Å². The maximum atomic E-state index is 12.6. The van der Waals surface area contributed by atoms with Gasteiger partial charge in [-0.15, -0.1) is 0 Å². The van der Waals surface area contributed by atoms with Gasteiger partial charge >= 0.3 is 0 Å². The SMILES string of the molecule is Cn1cc(C(N)=O)c(NC(=O)C2(c3cncc(Br)c3)CC2)n1. The van der Waals surface area contributed by atoms with Crippen LogP contribution >= 0.6 is 15.9 Å². The predicted molar refractivity (Wildman–Crippen MR) is 83.2 cm³/mol. The Hall–Kier alpha value is -2.22. The lowest BCUT2D eigenvalue weighted by molar-refractivity contribution is -0.118. The highest BCUT2D eigenvalue weighted by Gasteiger charge is 2.52. The molecule has 1 fully saturated rings. The summed E-state index contributed by atoms with van der Waals surface area (Å²) < 4.78 is 2.26. The van der Waals surface area contributed by atoms with E-state index in [0.717, 1.165) is 22.9 Å². The standard InChI is InChI=1S/C14H14BrN5O2/c1-20-7-10(11(16)21)12(19-20)18-13(22)14(2-3-14)8-4-9(15)6-17-5-8/h4-7H,2-3H2,1H3,(H2,16,21)(H,18,19,22). The van der Waals surface area contributed by atoms with Crippen LogP contribution in [-0.2, 0) is 17.3 Å². The molecule has 0 saturated heterocycles. The lowest BCUT2D eigenvalue weighted by atomic mass is 9.97. The van der Waals surface area contributed by atoms with Gasteiger partial charge in [0.25, 0.3) is 5.91 Å². The van der Waals surface area contributed by atoms with Gasteiger partial charge in [0.15, 0.2) is 5.82 Å². The second kappa shape index (κ2) is 5.20. The van der Waals surface area contributed by atoms with Gasteiger partial charge in [0.2, 0.25) is 5.91 Å². The molecule has 0 aliphatic heterocycles. The minimum atomic E-state index is -0.627. The molecule has 1 aliphatic rings. The number of hydrogen-bond acceptors (Lipinski definition) is 4. The third kappa shape index (κ3) is 2.50. The summed E-state index contributed by atoms with van der Waals surface area (Å²) in [5, 5.41) is 6.80. The number of aromatic nitrogens is 3. The quantitative estimate of drug-likeness (QED) is 0.855. The first kappa shape index (κ1) is 14.7. The molecule has 114 valence electrons. The molecule has 2 amide bonds. The topological polar surface area (TPSA) is 103 Å². The molecule has 8 heteroatoms. The number of primary amides is 1. The Balaban J connectivity index is 1.88. The molecule has 3 rings (SSSR count). The first-order valence-electron chi connectivity index (χ1n) is 6.68. The monoisotopic (exact) mass is 363 g/mol. The summed E-state index contributed by atoms with van der Waals surface area (Å²) in [5.74, 6) is -0.639. The van der Waals surface area contributed by atoms with Crippen LogP contribution in [0.3, 0.4) is 0 Å². The number of carbonyl (C=O) groups is 2. The number of nitrogens with zero attached hydrogens (tertiary/aromatic N) is 3. The van der Waals surface area contributed by atoms with E-state index < -0.39 is 11.3 Å². The summed E-state index contributed by atoms with van der Waals surface area (Å²) in [7, 11) is 1.66. The van der Waals surface area contributed by atoms with Crippen molar-refractivity contribution in [1.29, 1.82) is 0 Å². The molecule has 3 N–H and O–H groups in total. The van der Waals surface area contributed by atoms with Gasteiger partial charge in [0.1, 0.15) is 5.56 Å². The molecule has 0 bridgehead atoms. The highest BCUT2D eigenvalue weighted by molar-refractivity contribution is 9.10. The van der Waals surface area contributed by atoms with Crippen LogP contribution in [0.4, 0.5) is 5.82 Å². The van der Waals surface area contributed by atoms with Crippen LogP contribution in [0.2, 0.25) is 0 Å². The summed E-state index contributed by atoms with van der Waals surface area (Å²) in [6, 6.07) is 1.88. The number of halogens is 1. The normalized spacial score (nSPS) is 15.4. The van der Waals surface area contributed by atoms with E-state index in [1.54, 1.807) is 19.4 Å². The van der Waals surface area contributed by atoms with Crippen molar-refractivity contribution in [3.63, 3.8) is 0 Å². The molecule has 1 aliphatic carbocycles. The van der Waals surface area contributed by atoms with E-state index in [-0.39, 0.29) is 17.3 Å². The third-order valence-corrected chi connectivity index (χ3v) is 4.20. The molecule has 1 saturated carbocycles. The largest absolute Gasteiger partial charge is 0.365 e. The Morgan fingerprint density at radius 2 is 2.14 bits per heavy atom. The number of pyridine rings is 1. The van der Waals surface area contributed by atoms with Gasteiger partial charge in [-0.25, -0.2) is 0 Å². The molecule has 0 atom stereocenters. The maximum Gasteiger partial charge on any atom is 0.254 e. The maximum absolute atomic E-state index is 12.6. The molecule has 0 unspecified atom stereocenters. The summed E-state index contributed by atoms with van der Waals surface area (Å²) in [4.78, 5) is 28.1. The fraction of sp³-hybridized carbons (Fsp3) is 0.286. The lowest BCUT2D eigenvalue weighted by Crippen LogP contribution is -2.29. The lowest BCUT2D eigenvalue weighted by Gasteiger charge is -2.15. The zero-order valence-electron chi connectivity index (χ0n) is 11.8. The van der Waals surface area contributed by atoms with Gasteiger partial charge in [-0.05, 0) is 40.4 Å². The molecule has 2 aromatic rings.